The molecule has 0 bridgehead atoms. The van der Waals surface area contributed by atoms with Crippen LogP contribution in [0.3, 0.4) is 0 Å². The molecule has 2 rings (SSSR count). The van der Waals surface area contributed by atoms with Gasteiger partial charge in [0.05, 0.1) is 28.6 Å². The molecule has 0 aliphatic rings. The van der Waals surface area contributed by atoms with E-state index in [0.717, 1.165) is 17.0 Å². The monoisotopic (exact) mass is 245 g/mol. The molecule has 0 aliphatic heterocycles. The third-order valence-corrected chi connectivity index (χ3v) is 3.04. The predicted molar refractivity (Wildman–Crippen MR) is 64.0 cm³/mol. The molecule has 0 aliphatic carbocycles. The van der Waals surface area contributed by atoms with Gasteiger partial charge in [-0.15, -0.1) is 0 Å². The van der Waals surface area contributed by atoms with Crippen LogP contribution in [0.4, 0.5) is 0 Å². The van der Waals surface area contributed by atoms with Crippen molar-refractivity contribution >= 4 is 5.97 Å². The number of carbonyl (C=O) groups excluding carboxylic acids is 1. The Morgan fingerprint density at radius 2 is 2.06 bits per heavy atom. The van der Waals surface area contributed by atoms with E-state index in [9.17, 15) is 9.90 Å². The highest BCUT2D eigenvalue weighted by Gasteiger charge is 2.14. The fourth-order valence-electron chi connectivity index (χ4n) is 2.10. The Kier molecular flexibility index (Phi) is 3.16. The van der Waals surface area contributed by atoms with Crippen LogP contribution in [0.2, 0.25) is 0 Å². The fraction of sp³-hybridized carbons (Fsp3) is 0.231. The zero-order valence-electron chi connectivity index (χ0n) is 10.4. The van der Waals surface area contributed by atoms with Crippen LogP contribution >= 0.6 is 0 Å². The summed E-state index contributed by atoms with van der Waals surface area (Å²) < 4.78 is 1.64. The number of aromatic nitrogens is 2. The Labute approximate surface area is 105 Å². The van der Waals surface area contributed by atoms with E-state index in [1.165, 1.54) is 6.07 Å². The van der Waals surface area contributed by atoms with E-state index in [0.29, 0.717) is 12.2 Å². The number of aromatic carboxylic acids is 1. The van der Waals surface area contributed by atoms with Crippen molar-refractivity contribution in [3.8, 4) is 5.69 Å². The molecule has 94 valence electrons. The van der Waals surface area contributed by atoms with Crippen LogP contribution in [0.15, 0.2) is 24.3 Å². The van der Waals surface area contributed by atoms with E-state index >= 15 is 0 Å². The average molecular weight is 245 g/mol. The van der Waals surface area contributed by atoms with Gasteiger partial charge in [0.15, 0.2) is 0 Å². The summed E-state index contributed by atoms with van der Waals surface area (Å²) in [5, 5.41) is 15.5. The lowest BCUT2D eigenvalue weighted by Gasteiger charge is -2.11. The Bertz CT molecular complexity index is 602. The predicted octanol–water partition coefficient (Wildman–Crippen LogP) is -0.405. The highest BCUT2D eigenvalue weighted by molar-refractivity contribution is 5.90. The fourth-order valence-corrected chi connectivity index (χ4v) is 2.10. The van der Waals surface area contributed by atoms with Crippen molar-refractivity contribution in [1.29, 1.82) is 0 Å². The normalized spacial score (nSPS) is 10.6. The summed E-state index contributed by atoms with van der Waals surface area (Å²) >= 11 is 0. The summed E-state index contributed by atoms with van der Waals surface area (Å²) in [5.74, 6) is -1.20. The standard InChI is InChI=1S/C13H15N3O2/c1-8-11(7-14)9(2)16(15-8)12-6-4-3-5-10(12)13(17)18/h3-6H,7,14H2,1-2H3,(H,17,18). The van der Waals surface area contributed by atoms with Gasteiger partial charge in [0, 0.05) is 5.56 Å². The summed E-state index contributed by atoms with van der Waals surface area (Å²) in [6, 6.07) is 6.69. The van der Waals surface area contributed by atoms with Crippen molar-refractivity contribution in [2.75, 3.05) is 0 Å². The summed E-state index contributed by atoms with van der Waals surface area (Å²) in [7, 11) is 0. The van der Waals surface area contributed by atoms with Gasteiger partial charge < -0.3 is 15.6 Å². The molecule has 2 aromatic rings. The Morgan fingerprint density at radius 1 is 1.39 bits per heavy atom. The smallest absolute Gasteiger partial charge is 0.103 e. The molecule has 3 N–H and O–H groups in total. The van der Waals surface area contributed by atoms with Crippen molar-refractivity contribution in [3.05, 3.63) is 46.8 Å². The van der Waals surface area contributed by atoms with Crippen LogP contribution < -0.4 is 10.8 Å². The van der Waals surface area contributed by atoms with E-state index < -0.39 is 5.97 Å². The van der Waals surface area contributed by atoms with Crippen LogP contribution in [-0.4, -0.2) is 15.7 Å². The van der Waals surface area contributed by atoms with Crippen LogP contribution in [0.25, 0.3) is 5.69 Å². The quantitative estimate of drug-likeness (QED) is 0.798. The van der Waals surface area contributed by atoms with Gasteiger partial charge in [0.1, 0.15) is 6.54 Å². The largest absolute Gasteiger partial charge is 0.545 e. The zero-order valence-corrected chi connectivity index (χ0v) is 10.4. The maximum atomic E-state index is 11.1. The van der Waals surface area contributed by atoms with Gasteiger partial charge in [-0.05, 0) is 19.9 Å². The van der Waals surface area contributed by atoms with Gasteiger partial charge in [-0.1, -0.05) is 18.2 Å². The minimum absolute atomic E-state index is 0.138. The topological polar surface area (TPSA) is 85.6 Å². The second kappa shape index (κ2) is 4.62. The molecule has 0 atom stereocenters. The molecule has 1 aromatic carbocycles. The van der Waals surface area contributed by atoms with Crippen LogP contribution in [0, 0.1) is 13.8 Å². The molecular weight excluding hydrogens is 230 g/mol. The van der Waals surface area contributed by atoms with Gasteiger partial charge in [-0.25, -0.2) is 4.68 Å². The molecule has 1 heterocycles. The highest BCUT2D eigenvalue weighted by Crippen LogP contribution is 2.19. The number of nitrogens with zero attached hydrogens (tertiary/aromatic N) is 2. The number of carboxylic acid groups (broad SMARTS) is 1. The third-order valence-electron chi connectivity index (χ3n) is 3.04. The summed E-state index contributed by atoms with van der Waals surface area (Å²) in [5.41, 5.74) is 7.35. The van der Waals surface area contributed by atoms with Gasteiger partial charge in [-0.2, -0.15) is 5.10 Å². The third kappa shape index (κ3) is 1.89. The van der Waals surface area contributed by atoms with Gasteiger partial charge >= 0.3 is 0 Å². The van der Waals surface area contributed by atoms with E-state index in [2.05, 4.69) is 10.8 Å². The number of hydrogen-bond acceptors (Lipinski definition) is 3. The van der Waals surface area contributed by atoms with Crippen molar-refractivity contribution in [3.63, 3.8) is 0 Å². The minimum Gasteiger partial charge on any atom is -0.545 e. The number of para-hydroxylation sites is 1. The number of hydrogen-bond donors (Lipinski definition) is 1. The lowest BCUT2D eigenvalue weighted by atomic mass is 10.1. The van der Waals surface area contributed by atoms with Crippen molar-refractivity contribution in [1.82, 2.24) is 9.78 Å². The zero-order chi connectivity index (χ0) is 13.3. The molecule has 0 saturated carbocycles. The van der Waals surface area contributed by atoms with Crippen LogP contribution in [0.5, 0.6) is 0 Å². The first-order valence-corrected chi connectivity index (χ1v) is 5.71. The van der Waals surface area contributed by atoms with E-state index in [1.54, 1.807) is 22.9 Å². The summed E-state index contributed by atoms with van der Waals surface area (Å²) in [6.45, 7) is 4.43. The molecule has 18 heavy (non-hydrogen) atoms. The molecule has 5 heteroatoms. The number of carboxylic acids is 1. The van der Waals surface area contributed by atoms with Crippen LogP contribution in [-0.2, 0) is 6.54 Å². The van der Waals surface area contributed by atoms with Crippen molar-refractivity contribution in [2.24, 2.45) is 0 Å². The number of benzene rings is 1. The molecule has 0 unspecified atom stereocenters. The molecule has 0 spiro atoms. The molecule has 5 nitrogen and oxygen atoms in total. The van der Waals surface area contributed by atoms with Crippen molar-refractivity contribution < 1.29 is 15.6 Å². The Balaban J connectivity index is 2.66. The van der Waals surface area contributed by atoms with Crippen molar-refractivity contribution in [2.45, 2.75) is 20.4 Å². The number of aryl methyl sites for hydroxylation is 1. The maximum Gasteiger partial charge on any atom is 0.103 e. The van der Waals surface area contributed by atoms with Gasteiger partial charge in [0.2, 0.25) is 0 Å². The lowest BCUT2D eigenvalue weighted by Crippen LogP contribution is -2.47. The van der Waals surface area contributed by atoms with Gasteiger partial charge in [0.25, 0.3) is 0 Å². The summed E-state index contributed by atoms with van der Waals surface area (Å²) in [4.78, 5) is 11.1. The molecular formula is C13H15N3O2. The van der Waals surface area contributed by atoms with E-state index in [1.807, 2.05) is 13.8 Å². The average Bonchev–Trinajstić information content (AvgIpc) is 2.64. The minimum atomic E-state index is -1.20. The second-order valence-electron chi connectivity index (χ2n) is 4.12. The lowest BCUT2D eigenvalue weighted by molar-refractivity contribution is -0.386. The summed E-state index contributed by atoms with van der Waals surface area (Å²) in [6.07, 6.45) is 0. The Morgan fingerprint density at radius 3 is 2.61 bits per heavy atom. The molecule has 0 saturated heterocycles. The second-order valence-corrected chi connectivity index (χ2v) is 4.12. The van der Waals surface area contributed by atoms with E-state index in [4.69, 9.17) is 0 Å². The number of quaternary nitrogens is 1. The number of carbonyl (C=O) groups is 1. The highest BCUT2D eigenvalue weighted by atomic mass is 16.4. The first kappa shape index (κ1) is 12.3. The molecule has 0 amide bonds. The van der Waals surface area contributed by atoms with E-state index in [-0.39, 0.29) is 5.56 Å². The first-order valence-electron chi connectivity index (χ1n) is 5.71. The SMILES string of the molecule is Cc1nn(-c2ccccc2C(=O)[O-])c(C)c1C[NH3+]. The maximum absolute atomic E-state index is 11.1. The molecule has 0 radical (unpaired) electrons. The number of rotatable bonds is 3. The van der Waals surface area contributed by atoms with Crippen LogP contribution in [0.1, 0.15) is 27.3 Å². The Hall–Kier alpha value is -2.14. The molecule has 1 aromatic heterocycles. The van der Waals surface area contributed by atoms with Gasteiger partial charge in [-0.3, -0.25) is 0 Å². The first-order chi connectivity index (χ1) is 8.56. The molecule has 0 fully saturated rings.